The molecule has 0 radical (unpaired) electrons. The van der Waals surface area contributed by atoms with Crippen LogP contribution < -0.4 is 10.2 Å². The molecule has 1 aliphatic rings. The molecule has 0 fully saturated rings. The molecule has 9 heteroatoms. The molecule has 3 aromatic rings. The molecule has 162 valence electrons. The molecule has 0 aliphatic carbocycles. The maximum absolute atomic E-state index is 13.1. The van der Waals surface area contributed by atoms with Crippen molar-refractivity contribution in [3.63, 3.8) is 0 Å². The maximum Gasteiger partial charge on any atom is 0.267 e. The third-order valence-corrected chi connectivity index (χ3v) is 9.90. The van der Waals surface area contributed by atoms with Gasteiger partial charge >= 0.3 is 0 Å². The highest BCUT2D eigenvalue weighted by molar-refractivity contribution is 9.15. The second-order valence-electron chi connectivity index (χ2n) is 6.96. The lowest BCUT2D eigenvalue weighted by Gasteiger charge is -2.15. The fourth-order valence-corrected chi connectivity index (χ4v) is 5.95. The van der Waals surface area contributed by atoms with Crippen LogP contribution >= 0.6 is 63.7 Å². The predicted molar refractivity (Wildman–Crippen MR) is 139 cm³/mol. The Morgan fingerprint density at radius 1 is 0.812 bits per heavy atom. The zero-order valence-electron chi connectivity index (χ0n) is 16.5. The quantitative estimate of drug-likeness (QED) is 0.178. The van der Waals surface area contributed by atoms with E-state index < -0.39 is 11.8 Å². The fraction of sp³-hybridized carbons (Fsp3) is 0.0870. The zero-order chi connectivity index (χ0) is 23.2. The SMILES string of the molecule is CCc1ccccc1NC(=O)c1ccc(N2C(=O)c3c(Br)c(Br)c(Br)c(Br)c3C2=O)cc1. The minimum atomic E-state index is -0.445. The van der Waals surface area contributed by atoms with Gasteiger partial charge in [0.1, 0.15) is 0 Å². The van der Waals surface area contributed by atoms with E-state index in [4.69, 9.17) is 0 Å². The van der Waals surface area contributed by atoms with Crippen LogP contribution in [-0.4, -0.2) is 17.7 Å². The van der Waals surface area contributed by atoms with Gasteiger partial charge in [-0.1, -0.05) is 25.1 Å². The Morgan fingerprint density at radius 2 is 1.34 bits per heavy atom. The number of para-hydroxylation sites is 1. The predicted octanol–water partition coefficient (Wildman–Crippen LogP) is 7.35. The summed E-state index contributed by atoms with van der Waals surface area (Å²) in [5.74, 6) is -1.15. The summed E-state index contributed by atoms with van der Waals surface area (Å²) in [6, 6.07) is 14.0. The highest BCUT2D eigenvalue weighted by Crippen LogP contribution is 2.46. The summed E-state index contributed by atoms with van der Waals surface area (Å²) in [4.78, 5) is 40.0. The largest absolute Gasteiger partial charge is 0.322 e. The van der Waals surface area contributed by atoms with Gasteiger partial charge in [-0.15, -0.1) is 0 Å². The van der Waals surface area contributed by atoms with Crippen molar-refractivity contribution in [2.24, 2.45) is 0 Å². The van der Waals surface area contributed by atoms with Crippen LogP contribution in [0.5, 0.6) is 0 Å². The summed E-state index contributed by atoms with van der Waals surface area (Å²) in [6.45, 7) is 2.02. The Hall–Kier alpha value is -1.81. The second-order valence-corrected chi connectivity index (χ2v) is 10.1. The van der Waals surface area contributed by atoms with Gasteiger partial charge in [0, 0.05) is 29.1 Å². The van der Waals surface area contributed by atoms with E-state index in [0.717, 1.165) is 22.6 Å². The highest BCUT2D eigenvalue weighted by atomic mass is 79.9. The minimum Gasteiger partial charge on any atom is -0.322 e. The van der Waals surface area contributed by atoms with Crippen LogP contribution in [-0.2, 0) is 6.42 Å². The lowest BCUT2D eigenvalue weighted by molar-refractivity contribution is 0.0925. The van der Waals surface area contributed by atoms with Crippen molar-refractivity contribution < 1.29 is 14.4 Å². The van der Waals surface area contributed by atoms with Crippen LogP contribution in [0.2, 0.25) is 0 Å². The van der Waals surface area contributed by atoms with Gasteiger partial charge in [0.15, 0.2) is 0 Å². The number of halogens is 4. The standard InChI is InChI=1S/C23H14Br4N2O3/c1-2-11-5-3-4-6-14(11)28-21(30)12-7-9-13(10-8-12)29-22(31)15-16(23(29)32)18(25)20(27)19(26)17(15)24/h3-10H,2H2,1H3,(H,28,30). The second kappa shape index (κ2) is 9.21. The van der Waals surface area contributed by atoms with Crippen LogP contribution in [0.4, 0.5) is 11.4 Å². The van der Waals surface area contributed by atoms with Crippen molar-refractivity contribution in [3.8, 4) is 0 Å². The number of amides is 3. The molecule has 0 saturated heterocycles. The van der Waals surface area contributed by atoms with Crippen molar-refractivity contribution in [2.45, 2.75) is 13.3 Å². The first-order valence-corrected chi connectivity index (χ1v) is 12.7. The van der Waals surface area contributed by atoms with E-state index in [-0.39, 0.29) is 17.0 Å². The Labute approximate surface area is 218 Å². The smallest absolute Gasteiger partial charge is 0.267 e. The lowest BCUT2D eigenvalue weighted by Crippen LogP contribution is -2.29. The van der Waals surface area contributed by atoms with E-state index in [1.54, 1.807) is 24.3 Å². The monoisotopic (exact) mass is 682 g/mol. The molecule has 3 amide bonds. The maximum atomic E-state index is 13.1. The molecule has 1 aliphatic heterocycles. The number of imide groups is 1. The average molecular weight is 686 g/mol. The average Bonchev–Trinajstić information content (AvgIpc) is 3.06. The molecule has 5 nitrogen and oxygen atoms in total. The Morgan fingerprint density at radius 3 is 1.88 bits per heavy atom. The van der Waals surface area contributed by atoms with E-state index in [2.05, 4.69) is 69.0 Å². The molecule has 0 unspecified atom stereocenters. The van der Waals surface area contributed by atoms with Crippen molar-refractivity contribution in [1.82, 2.24) is 0 Å². The number of rotatable bonds is 4. The third kappa shape index (κ3) is 3.89. The number of hydrogen-bond donors (Lipinski definition) is 1. The fourth-order valence-electron chi connectivity index (χ4n) is 3.49. The number of aryl methyl sites for hydroxylation is 1. The van der Waals surface area contributed by atoms with Gasteiger partial charge in [0.05, 0.1) is 16.8 Å². The topological polar surface area (TPSA) is 66.5 Å². The van der Waals surface area contributed by atoms with Crippen LogP contribution in [0, 0.1) is 0 Å². The first kappa shape index (κ1) is 23.4. The van der Waals surface area contributed by atoms with Gasteiger partial charge in [-0.05, 0) is 106 Å². The molecule has 0 atom stereocenters. The van der Waals surface area contributed by atoms with E-state index in [0.29, 0.717) is 29.1 Å². The molecular weight excluding hydrogens is 672 g/mol. The van der Waals surface area contributed by atoms with Crippen molar-refractivity contribution in [1.29, 1.82) is 0 Å². The first-order valence-electron chi connectivity index (χ1n) is 9.50. The first-order chi connectivity index (χ1) is 15.3. The summed E-state index contributed by atoms with van der Waals surface area (Å²) in [6.07, 6.45) is 0.798. The molecule has 0 aromatic heterocycles. The summed E-state index contributed by atoms with van der Waals surface area (Å²) < 4.78 is 2.25. The molecule has 0 saturated carbocycles. The zero-order valence-corrected chi connectivity index (χ0v) is 22.9. The Bertz CT molecular complexity index is 1240. The van der Waals surface area contributed by atoms with Crippen molar-refractivity contribution in [3.05, 3.63) is 88.7 Å². The van der Waals surface area contributed by atoms with Crippen molar-refractivity contribution in [2.75, 3.05) is 10.2 Å². The number of nitrogens with zero attached hydrogens (tertiary/aromatic N) is 1. The number of anilines is 2. The number of carbonyl (C=O) groups is 3. The summed E-state index contributed by atoms with van der Waals surface area (Å²) in [5.41, 5.74) is 3.15. The number of hydrogen-bond acceptors (Lipinski definition) is 3. The summed E-state index contributed by atoms with van der Waals surface area (Å²) in [5, 5.41) is 2.92. The van der Waals surface area contributed by atoms with E-state index in [1.165, 1.54) is 0 Å². The van der Waals surface area contributed by atoms with E-state index >= 15 is 0 Å². The number of nitrogens with one attached hydrogen (secondary N) is 1. The third-order valence-electron chi connectivity index (χ3n) is 5.14. The molecule has 0 bridgehead atoms. The number of benzene rings is 3. The lowest BCUT2D eigenvalue weighted by atomic mass is 10.1. The van der Waals surface area contributed by atoms with Gasteiger partial charge in [-0.2, -0.15) is 0 Å². The molecule has 1 heterocycles. The molecule has 0 spiro atoms. The summed E-state index contributed by atoms with van der Waals surface area (Å²) in [7, 11) is 0. The molecular formula is C23H14Br4N2O3. The molecule has 1 N–H and O–H groups in total. The minimum absolute atomic E-state index is 0.266. The number of carbonyl (C=O) groups excluding carboxylic acids is 3. The van der Waals surface area contributed by atoms with Crippen LogP contribution in [0.25, 0.3) is 0 Å². The van der Waals surface area contributed by atoms with E-state index in [9.17, 15) is 14.4 Å². The highest BCUT2D eigenvalue weighted by Gasteiger charge is 2.41. The van der Waals surface area contributed by atoms with Gasteiger partial charge in [0.25, 0.3) is 17.7 Å². The van der Waals surface area contributed by atoms with Gasteiger partial charge in [-0.25, -0.2) is 4.90 Å². The Balaban J connectivity index is 1.63. The van der Waals surface area contributed by atoms with Crippen molar-refractivity contribution >= 4 is 92.8 Å². The van der Waals surface area contributed by atoms with Crippen LogP contribution in [0.15, 0.2) is 66.4 Å². The molecule has 32 heavy (non-hydrogen) atoms. The Kier molecular flexibility index (Phi) is 6.72. The summed E-state index contributed by atoms with van der Waals surface area (Å²) >= 11 is 13.7. The molecule has 3 aromatic carbocycles. The normalized spacial score (nSPS) is 12.8. The molecule has 4 rings (SSSR count). The van der Waals surface area contributed by atoms with Gasteiger partial charge in [-0.3, -0.25) is 14.4 Å². The van der Waals surface area contributed by atoms with Gasteiger partial charge in [0.2, 0.25) is 0 Å². The van der Waals surface area contributed by atoms with Crippen LogP contribution in [0.1, 0.15) is 43.6 Å². The van der Waals surface area contributed by atoms with E-state index in [1.807, 2.05) is 31.2 Å². The van der Waals surface area contributed by atoms with Gasteiger partial charge < -0.3 is 5.32 Å². The van der Waals surface area contributed by atoms with Crippen LogP contribution in [0.3, 0.4) is 0 Å². The number of fused-ring (bicyclic) bond motifs is 1.